The highest BCUT2D eigenvalue weighted by Crippen LogP contribution is 2.45. The highest BCUT2D eigenvalue weighted by Gasteiger charge is 2.42. The lowest BCUT2D eigenvalue weighted by Gasteiger charge is -2.40. The molecule has 160 valence electrons. The molecule has 31 heavy (non-hydrogen) atoms. The number of carbonyl (C=O) groups excluding carboxylic acids is 1. The van der Waals surface area contributed by atoms with Crippen molar-refractivity contribution in [2.45, 2.75) is 37.3 Å². The molecule has 3 aliphatic rings. The Kier molecular flexibility index (Phi) is 4.66. The second-order valence-electron chi connectivity index (χ2n) is 8.51. The predicted octanol–water partition coefficient (Wildman–Crippen LogP) is 2.81. The van der Waals surface area contributed by atoms with Gasteiger partial charge in [-0.3, -0.25) is 9.78 Å². The molecule has 1 amide bonds. The van der Waals surface area contributed by atoms with Crippen LogP contribution in [0.2, 0.25) is 0 Å². The zero-order valence-corrected chi connectivity index (χ0v) is 18.1. The SMILES string of the molecule is O=C(c1cc2c(s1)C1(CCNCC1)OCC2)N1CCc2[nH]cnc2C1c1ccncc1. The Labute approximate surface area is 184 Å². The summed E-state index contributed by atoms with van der Waals surface area (Å²) in [6.07, 6.45) is 8.89. The Morgan fingerprint density at radius 3 is 2.90 bits per heavy atom. The molecule has 1 atom stereocenters. The molecule has 3 aromatic rings. The molecular weight excluding hydrogens is 410 g/mol. The summed E-state index contributed by atoms with van der Waals surface area (Å²) in [5.41, 5.74) is 4.16. The van der Waals surface area contributed by atoms with Crippen molar-refractivity contribution in [3.8, 4) is 0 Å². The van der Waals surface area contributed by atoms with Gasteiger partial charge in [-0.1, -0.05) is 0 Å². The topological polar surface area (TPSA) is 83.1 Å². The Bertz CT molecular complexity index is 1100. The summed E-state index contributed by atoms with van der Waals surface area (Å²) in [5, 5.41) is 3.43. The molecule has 0 saturated carbocycles. The van der Waals surface area contributed by atoms with Gasteiger partial charge in [0, 0.05) is 35.9 Å². The highest BCUT2D eigenvalue weighted by molar-refractivity contribution is 7.14. The van der Waals surface area contributed by atoms with Gasteiger partial charge in [-0.05, 0) is 61.7 Å². The molecule has 1 saturated heterocycles. The molecule has 0 radical (unpaired) electrons. The number of thiophene rings is 1. The molecule has 0 bridgehead atoms. The van der Waals surface area contributed by atoms with Gasteiger partial charge in [0.2, 0.25) is 0 Å². The number of pyridine rings is 1. The average molecular weight is 436 g/mol. The number of amides is 1. The van der Waals surface area contributed by atoms with Crippen molar-refractivity contribution in [1.82, 2.24) is 25.2 Å². The second kappa shape index (κ2) is 7.55. The minimum Gasteiger partial charge on any atom is -0.369 e. The summed E-state index contributed by atoms with van der Waals surface area (Å²) in [5.74, 6) is 0.0824. The van der Waals surface area contributed by atoms with Crippen LogP contribution in [0.4, 0.5) is 0 Å². The van der Waals surface area contributed by atoms with Gasteiger partial charge in [0.15, 0.2) is 0 Å². The molecule has 3 aliphatic heterocycles. The van der Waals surface area contributed by atoms with Crippen LogP contribution in [0, 0.1) is 0 Å². The van der Waals surface area contributed by atoms with Gasteiger partial charge in [0.1, 0.15) is 11.6 Å². The van der Waals surface area contributed by atoms with E-state index in [9.17, 15) is 4.79 Å². The summed E-state index contributed by atoms with van der Waals surface area (Å²) in [4.78, 5) is 29.9. The molecule has 2 N–H and O–H groups in total. The lowest BCUT2D eigenvalue weighted by Crippen LogP contribution is -2.44. The van der Waals surface area contributed by atoms with Crippen molar-refractivity contribution in [3.63, 3.8) is 0 Å². The minimum atomic E-state index is -0.218. The lowest BCUT2D eigenvalue weighted by molar-refractivity contribution is -0.0771. The van der Waals surface area contributed by atoms with Crippen molar-refractivity contribution in [3.05, 3.63) is 69.2 Å². The number of H-pyrrole nitrogens is 1. The summed E-state index contributed by atoms with van der Waals surface area (Å²) in [6.45, 7) is 3.31. The number of imidazole rings is 1. The first-order valence-electron chi connectivity index (χ1n) is 11.0. The van der Waals surface area contributed by atoms with E-state index in [0.717, 1.165) is 67.2 Å². The van der Waals surface area contributed by atoms with Crippen molar-refractivity contribution in [1.29, 1.82) is 0 Å². The largest absolute Gasteiger partial charge is 0.369 e. The normalized spacial score (nSPS) is 22.2. The first-order chi connectivity index (χ1) is 15.3. The molecule has 0 aliphatic carbocycles. The molecule has 3 aromatic heterocycles. The van der Waals surface area contributed by atoms with Gasteiger partial charge in [0.25, 0.3) is 5.91 Å². The van der Waals surface area contributed by atoms with Crippen molar-refractivity contribution in [2.24, 2.45) is 0 Å². The second-order valence-corrected chi connectivity index (χ2v) is 9.56. The van der Waals surface area contributed by atoms with Crippen molar-refractivity contribution in [2.75, 3.05) is 26.2 Å². The molecule has 8 heteroatoms. The zero-order chi connectivity index (χ0) is 20.8. The van der Waals surface area contributed by atoms with E-state index < -0.39 is 0 Å². The van der Waals surface area contributed by atoms with Crippen LogP contribution in [0.3, 0.4) is 0 Å². The van der Waals surface area contributed by atoms with Crippen LogP contribution >= 0.6 is 11.3 Å². The summed E-state index contributed by atoms with van der Waals surface area (Å²) in [7, 11) is 0. The fourth-order valence-corrected chi connectivity index (χ4v) is 6.62. The van der Waals surface area contributed by atoms with Gasteiger partial charge < -0.3 is 19.9 Å². The lowest BCUT2D eigenvalue weighted by atomic mass is 9.86. The van der Waals surface area contributed by atoms with Crippen molar-refractivity contribution < 1.29 is 9.53 Å². The van der Waals surface area contributed by atoms with Crippen LogP contribution in [0.1, 0.15) is 55.9 Å². The van der Waals surface area contributed by atoms with E-state index >= 15 is 0 Å². The predicted molar refractivity (Wildman–Crippen MR) is 117 cm³/mol. The third-order valence-corrected chi connectivity index (χ3v) is 8.15. The van der Waals surface area contributed by atoms with Crippen LogP contribution in [0.25, 0.3) is 0 Å². The fourth-order valence-electron chi connectivity index (χ4n) is 5.25. The maximum Gasteiger partial charge on any atom is 0.264 e. The molecule has 0 aromatic carbocycles. The van der Waals surface area contributed by atoms with Crippen LogP contribution in [-0.2, 0) is 23.2 Å². The van der Waals surface area contributed by atoms with Crippen LogP contribution in [-0.4, -0.2) is 52.0 Å². The first kappa shape index (κ1) is 19.2. The van der Waals surface area contributed by atoms with Crippen molar-refractivity contribution >= 4 is 17.2 Å². The fraction of sp³-hybridized carbons (Fsp3) is 0.435. The van der Waals surface area contributed by atoms with Gasteiger partial charge in [-0.15, -0.1) is 11.3 Å². The van der Waals surface area contributed by atoms with E-state index in [1.54, 1.807) is 30.1 Å². The summed E-state index contributed by atoms with van der Waals surface area (Å²) >= 11 is 1.64. The Hall–Kier alpha value is -2.55. The molecular formula is C23H25N5O2S. The third kappa shape index (κ3) is 3.12. The minimum absolute atomic E-state index is 0.0824. The smallest absolute Gasteiger partial charge is 0.264 e. The maximum absolute atomic E-state index is 13.8. The van der Waals surface area contributed by atoms with Gasteiger partial charge in [0.05, 0.1) is 23.5 Å². The summed E-state index contributed by atoms with van der Waals surface area (Å²) in [6, 6.07) is 5.88. The number of nitrogens with zero attached hydrogens (tertiary/aromatic N) is 3. The maximum atomic E-state index is 13.8. The van der Waals surface area contributed by atoms with E-state index in [4.69, 9.17) is 4.74 Å². The van der Waals surface area contributed by atoms with Crippen LogP contribution < -0.4 is 5.32 Å². The Morgan fingerprint density at radius 2 is 2.06 bits per heavy atom. The van der Waals surface area contributed by atoms with E-state index in [2.05, 4.69) is 26.3 Å². The molecule has 6 heterocycles. The Balaban J connectivity index is 1.38. The number of fused-ring (bicyclic) bond motifs is 3. The van der Waals surface area contributed by atoms with Crippen LogP contribution in [0.5, 0.6) is 0 Å². The molecule has 1 spiro atoms. The van der Waals surface area contributed by atoms with E-state index in [1.165, 1.54) is 10.4 Å². The number of nitrogens with one attached hydrogen (secondary N) is 2. The standard InChI is InChI=1S/C23H25N5O2S/c29-22(18-13-16-4-12-30-23(21(16)31-18)5-9-25-10-6-23)28-11-3-17-19(27-14-26-17)20(28)15-1-7-24-8-2-15/h1-2,7-8,13-14,20,25H,3-6,9-12H2,(H,26,27). The molecule has 7 nitrogen and oxygen atoms in total. The average Bonchev–Trinajstić information content (AvgIpc) is 3.47. The zero-order valence-electron chi connectivity index (χ0n) is 17.3. The Morgan fingerprint density at radius 1 is 1.23 bits per heavy atom. The molecule has 1 fully saturated rings. The molecule has 1 unspecified atom stereocenters. The summed E-state index contributed by atoms with van der Waals surface area (Å²) < 4.78 is 6.32. The number of aromatic amines is 1. The third-order valence-electron chi connectivity index (χ3n) is 6.80. The monoisotopic (exact) mass is 435 g/mol. The quantitative estimate of drug-likeness (QED) is 0.647. The van der Waals surface area contributed by atoms with E-state index in [-0.39, 0.29) is 17.6 Å². The van der Waals surface area contributed by atoms with E-state index in [1.807, 2.05) is 17.0 Å². The highest BCUT2D eigenvalue weighted by atomic mass is 32.1. The number of rotatable bonds is 2. The number of ether oxygens (including phenoxy) is 1. The number of hydrogen-bond donors (Lipinski definition) is 2. The van der Waals surface area contributed by atoms with Gasteiger partial charge in [-0.2, -0.15) is 0 Å². The number of hydrogen-bond acceptors (Lipinski definition) is 6. The number of aromatic nitrogens is 3. The number of carbonyl (C=O) groups is 1. The van der Waals surface area contributed by atoms with E-state index in [0.29, 0.717) is 6.54 Å². The molecule has 6 rings (SSSR count). The van der Waals surface area contributed by atoms with Crippen LogP contribution in [0.15, 0.2) is 36.9 Å². The van der Waals surface area contributed by atoms with Gasteiger partial charge >= 0.3 is 0 Å². The number of piperidine rings is 1. The van der Waals surface area contributed by atoms with Gasteiger partial charge in [-0.25, -0.2) is 4.98 Å². The first-order valence-corrected chi connectivity index (χ1v) is 11.8.